The second kappa shape index (κ2) is 5.92. The quantitative estimate of drug-likeness (QED) is 0.312. The smallest absolute Gasteiger partial charge is 0.210 e. The van der Waals surface area contributed by atoms with Crippen LogP contribution in [-0.4, -0.2) is 19.6 Å². The fourth-order valence-electron chi connectivity index (χ4n) is 1.15. The molecular formula is C10H15FN4O. The van der Waals surface area contributed by atoms with Crippen molar-refractivity contribution in [3.8, 4) is 5.75 Å². The molecule has 0 unspecified atom stereocenters. The summed E-state index contributed by atoms with van der Waals surface area (Å²) in [5, 5.41) is 2.90. The zero-order chi connectivity index (χ0) is 12.0. The molecule has 0 amide bonds. The van der Waals surface area contributed by atoms with Crippen molar-refractivity contribution in [2.24, 2.45) is 10.8 Å². The number of hydrogen-bond acceptors (Lipinski definition) is 3. The van der Waals surface area contributed by atoms with E-state index in [0.717, 1.165) is 0 Å². The van der Waals surface area contributed by atoms with E-state index in [-0.39, 0.29) is 5.75 Å². The summed E-state index contributed by atoms with van der Waals surface area (Å²) in [6, 6.07) is 4.40. The van der Waals surface area contributed by atoms with Crippen LogP contribution in [0, 0.1) is 5.82 Å². The fourth-order valence-corrected chi connectivity index (χ4v) is 1.15. The van der Waals surface area contributed by atoms with E-state index in [1.165, 1.54) is 19.2 Å². The van der Waals surface area contributed by atoms with Crippen LogP contribution in [0.4, 0.5) is 10.1 Å². The van der Waals surface area contributed by atoms with Crippen LogP contribution in [0.5, 0.6) is 5.75 Å². The van der Waals surface area contributed by atoms with Crippen LogP contribution in [0.2, 0.25) is 0 Å². The summed E-state index contributed by atoms with van der Waals surface area (Å²) >= 11 is 0. The van der Waals surface area contributed by atoms with Gasteiger partial charge in [-0.2, -0.15) is 0 Å². The van der Waals surface area contributed by atoms with Crippen molar-refractivity contribution in [1.82, 2.24) is 5.43 Å². The Morgan fingerprint density at radius 1 is 1.56 bits per heavy atom. The van der Waals surface area contributed by atoms with Crippen LogP contribution in [0.1, 0.15) is 6.92 Å². The molecule has 16 heavy (non-hydrogen) atoms. The Bertz CT molecular complexity index is 381. The van der Waals surface area contributed by atoms with E-state index in [1.807, 2.05) is 6.92 Å². The zero-order valence-electron chi connectivity index (χ0n) is 9.25. The number of halogens is 1. The highest BCUT2D eigenvalue weighted by molar-refractivity contribution is 5.93. The van der Waals surface area contributed by atoms with Crippen LogP contribution in [-0.2, 0) is 0 Å². The SMILES string of the molecule is CCN=C(NN)Nc1ccc(F)c(OC)c1. The minimum Gasteiger partial charge on any atom is -0.494 e. The Balaban J connectivity index is 2.85. The summed E-state index contributed by atoms with van der Waals surface area (Å²) in [5.41, 5.74) is 3.05. The maximum absolute atomic E-state index is 13.1. The molecule has 0 saturated carbocycles. The maximum Gasteiger partial charge on any atom is 0.210 e. The number of hydrogen-bond donors (Lipinski definition) is 3. The molecule has 0 spiro atoms. The highest BCUT2D eigenvalue weighted by Crippen LogP contribution is 2.21. The van der Waals surface area contributed by atoms with Gasteiger partial charge in [0.25, 0.3) is 0 Å². The Labute approximate surface area is 93.5 Å². The normalized spacial score (nSPS) is 11.1. The van der Waals surface area contributed by atoms with Gasteiger partial charge in [-0.15, -0.1) is 0 Å². The molecule has 5 nitrogen and oxygen atoms in total. The van der Waals surface area contributed by atoms with Crippen LogP contribution in [0.3, 0.4) is 0 Å². The Morgan fingerprint density at radius 2 is 2.31 bits per heavy atom. The number of nitrogens with two attached hydrogens (primary N) is 1. The lowest BCUT2D eigenvalue weighted by atomic mass is 10.3. The van der Waals surface area contributed by atoms with E-state index in [1.54, 1.807) is 6.07 Å². The lowest BCUT2D eigenvalue weighted by Gasteiger charge is -2.10. The van der Waals surface area contributed by atoms with E-state index >= 15 is 0 Å². The van der Waals surface area contributed by atoms with Gasteiger partial charge in [-0.1, -0.05) is 0 Å². The first kappa shape index (κ1) is 12.3. The van der Waals surface area contributed by atoms with E-state index in [0.29, 0.717) is 18.2 Å². The molecule has 0 saturated heterocycles. The van der Waals surface area contributed by atoms with Crippen LogP contribution in [0.15, 0.2) is 23.2 Å². The molecule has 1 aromatic rings. The highest BCUT2D eigenvalue weighted by Gasteiger charge is 2.04. The predicted octanol–water partition coefficient (Wildman–Crippen LogP) is 1.09. The molecule has 6 heteroatoms. The van der Waals surface area contributed by atoms with Crippen molar-refractivity contribution in [3.63, 3.8) is 0 Å². The number of ether oxygens (including phenoxy) is 1. The van der Waals surface area contributed by atoms with E-state index in [2.05, 4.69) is 15.7 Å². The molecule has 0 bridgehead atoms. The van der Waals surface area contributed by atoms with Gasteiger partial charge in [-0.3, -0.25) is 10.4 Å². The highest BCUT2D eigenvalue weighted by atomic mass is 19.1. The lowest BCUT2D eigenvalue weighted by molar-refractivity contribution is 0.387. The summed E-state index contributed by atoms with van der Waals surface area (Å²) in [4.78, 5) is 4.05. The molecule has 0 atom stereocenters. The number of aliphatic imine (C=N–C) groups is 1. The second-order valence-electron chi connectivity index (χ2n) is 2.94. The van der Waals surface area contributed by atoms with Crippen molar-refractivity contribution < 1.29 is 9.13 Å². The van der Waals surface area contributed by atoms with Crippen LogP contribution < -0.4 is 21.3 Å². The second-order valence-corrected chi connectivity index (χ2v) is 2.94. The van der Waals surface area contributed by atoms with Crippen molar-refractivity contribution in [2.45, 2.75) is 6.92 Å². The van der Waals surface area contributed by atoms with Gasteiger partial charge >= 0.3 is 0 Å². The van der Waals surface area contributed by atoms with Crippen LogP contribution in [0.25, 0.3) is 0 Å². The predicted molar refractivity (Wildman–Crippen MR) is 61.9 cm³/mol. The minimum atomic E-state index is -0.414. The summed E-state index contributed by atoms with van der Waals surface area (Å²) in [7, 11) is 1.41. The summed E-state index contributed by atoms with van der Waals surface area (Å²) in [6.45, 7) is 2.47. The molecule has 88 valence electrons. The van der Waals surface area contributed by atoms with E-state index in [4.69, 9.17) is 10.6 Å². The molecule has 0 radical (unpaired) electrons. The third-order valence-electron chi connectivity index (χ3n) is 1.87. The molecule has 0 fully saturated rings. The summed E-state index contributed by atoms with van der Waals surface area (Å²) < 4.78 is 18.0. The van der Waals surface area contributed by atoms with E-state index < -0.39 is 5.82 Å². The fraction of sp³-hybridized carbons (Fsp3) is 0.300. The molecule has 0 aromatic heterocycles. The topological polar surface area (TPSA) is 71.7 Å². The molecule has 0 aliphatic rings. The molecule has 0 aliphatic heterocycles. The van der Waals surface area contributed by atoms with Crippen molar-refractivity contribution >= 4 is 11.6 Å². The Hall–Kier alpha value is -1.82. The molecule has 1 rings (SSSR count). The van der Waals surface area contributed by atoms with Crippen molar-refractivity contribution in [1.29, 1.82) is 0 Å². The van der Waals surface area contributed by atoms with Crippen LogP contribution >= 0.6 is 0 Å². The minimum absolute atomic E-state index is 0.165. The number of anilines is 1. The van der Waals surface area contributed by atoms with Gasteiger partial charge in [0.05, 0.1) is 7.11 Å². The number of hydrazine groups is 1. The van der Waals surface area contributed by atoms with Gasteiger partial charge in [0.15, 0.2) is 11.6 Å². The third kappa shape index (κ3) is 3.09. The number of methoxy groups -OCH3 is 1. The molecule has 0 aliphatic carbocycles. The Kier molecular flexibility index (Phi) is 4.53. The molecule has 4 N–H and O–H groups in total. The lowest BCUT2D eigenvalue weighted by Crippen LogP contribution is -2.36. The van der Waals surface area contributed by atoms with Crippen molar-refractivity contribution in [2.75, 3.05) is 19.0 Å². The van der Waals surface area contributed by atoms with Gasteiger partial charge in [0.1, 0.15) is 0 Å². The first-order chi connectivity index (χ1) is 7.71. The number of nitrogens with zero attached hydrogens (tertiary/aromatic N) is 1. The first-order valence-electron chi connectivity index (χ1n) is 4.83. The van der Waals surface area contributed by atoms with Crippen molar-refractivity contribution in [3.05, 3.63) is 24.0 Å². The molecular weight excluding hydrogens is 211 g/mol. The number of guanidine groups is 1. The molecule has 1 aromatic carbocycles. The van der Waals surface area contributed by atoms with E-state index in [9.17, 15) is 4.39 Å². The standard InChI is InChI=1S/C10H15FN4O/c1-3-13-10(15-12)14-7-4-5-8(11)9(6-7)16-2/h4-6H,3,12H2,1-2H3,(H2,13,14,15). The first-order valence-corrected chi connectivity index (χ1v) is 4.83. The zero-order valence-corrected chi connectivity index (χ0v) is 9.25. The van der Waals surface area contributed by atoms with Gasteiger partial charge in [0.2, 0.25) is 5.96 Å². The number of rotatable bonds is 3. The monoisotopic (exact) mass is 226 g/mol. The largest absolute Gasteiger partial charge is 0.494 e. The summed E-state index contributed by atoms with van der Waals surface area (Å²) in [5.74, 6) is 5.42. The average Bonchev–Trinajstić information content (AvgIpc) is 2.30. The van der Waals surface area contributed by atoms with Gasteiger partial charge < -0.3 is 10.1 Å². The Morgan fingerprint density at radius 3 is 2.88 bits per heavy atom. The number of nitrogens with one attached hydrogen (secondary N) is 2. The van der Waals surface area contributed by atoms with Gasteiger partial charge in [0, 0.05) is 18.3 Å². The molecule has 0 heterocycles. The van der Waals surface area contributed by atoms with Gasteiger partial charge in [-0.25, -0.2) is 10.2 Å². The van der Waals surface area contributed by atoms with Gasteiger partial charge in [-0.05, 0) is 19.1 Å². The maximum atomic E-state index is 13.1. The third-order valence-corrected chi connectivity index (χ3v) is 1.87. The average molecular weight is 226 g/mol. The summed E-state index contributed by atoms with van der Waals surface area (Å²) in [6.07, 6.45) is 0. The number of benzene rings is 1.